The van der Waals surface area contributed by atoms with Gasteiger partial charge in [0, 0.05) is 25.4 Å². The number of carbonyl (C=O) groups is 1. The summed E-state index contributed by atoms with van der Waals surface area (Å²) in [7, 11) is 0. The Balaban J connectivity index is 1.83. The van der Waals surface area contributed by atoms with Crippen LogP contribution in [0.1, 0.15) is 6.42 Å². The van der Waals surface area contributed by atoms with E-state index in [4.69, 9.17) is 0 Å². The highest BCUT2D eigenvalue weighted by Gasteiger charge is 2.03. The minimum absolute atomic E-state index is 0.146. The molecule has 2 rings (SSSR count). The van der Waals surface area contributed by atoms with Crippen molar-refractivity contribution in [2.75, 3.05) is 5.32 Å². The second-order valence-corrected chi connectivity index (χ2v) is 3.47. The van der Waals surface area contributed by atoms with Crippen LogP contribution in [-0.4, -0.2) is 20.4 Å². The number of nitrogens with one attached hydrogen (secondary N) is 1. The van der Waals surface area contributed by atoms with Crippen molar-refractivity contribution in [2.45, 2.75) is 13.0 Å². The van der Waals surface area contributed by atoms with E-state index in [1.807, 2.05) is 4.57 Å². The standard InChI is InChI=1S/C11H11FN4O/c12-10-2-1-9(7-14-10)15-11(17)3-5-16-6-4-13-8-16/h1-2,4,6-8H,3,5H2,(H,15,17). The lowest BCUT2D eigenvalue weighted by Crippen LogP contribution is -2.14. The van der Waals surface area contributed by atoms with E-state index in [9.17, 15) is 9.18 Å². The summed E-state index contributed by atoms with van der Waals surface area (Å²) in [6, 6.07) is 2.67. The third-order valence-electron chi connectivity index (χ3n) is 2.17. The maximum absolute atomic E-state index is 12.5. The average molecular weight is 234 g/mol. The fourth-order valence-corrected chi connectivity index (χ4v) is 1.32. The molecule has 0 aromatic carbocycles. The Labute approximate surface area is 97.3 Å². The summed E-state index contributed by atoms with van der Waals surface area (Å²) in [6.07, 6.45) is 6.69. The number of halogens is 1. The number of aryl methyl sites for hydroxylation is 1. The average Bonchev–Trinajstić information content (AvgIpc) is 2.83. The number of hydrogen-bond acceptors (Lipinski definition) is 3. The number of aromatic nitrogens is 3. The van der Waals surface area contributed by atoms with Crippen LogP contribution < -0.4 is 5.32 Å². The van der Waals surface area contributed by atoms with Crippen molar-refractivity contribution in [3.8, 4) is 0 Å². The molecule has 17 heavy (non-hydrogen) atoms. The Morgan fingerprint density at radius 3 is 3.00 bits per heavy atom. The van der Waals surface area contributed by atoms with Crippen LogP contribution in [0.2, 0.25) is 0 Å². The molecule has 2 aromatic rings. The summed E-state index contributed by atoms with van der Waals surface area (Å²) < 4.78 is 14.3. The van der Waals surface area contributed by atoms with Crippen LogP contribution in [0.4, 0.5) is 10.1 Å². The molecule has 0 saturated carbocycles. The van der Waals surface area contributed by atoms with E-state index in [1.54, 1.807) is 18.7 Å². The molecule has 0 aliphatic rings. The highest BCUT2D eigenvalue weighted by molar-refractivity contribution is 5.90. The van der Waals surface area contributed by atoms with Crippen molar-refractivity contribution in [3.63, 3.8) is 0 Å². The molecule has 0 saturated heterocycles. The SMILES string of the molecule is O=C(CCn1ccnc1)Nc1ccc(F)nc1. The summed E-state index contributed by atoms with van der Waals surface area (Å²) in [6.45, 7) is 0.556. The molecule has 2 aromatic heterocycles. The largest absolute Gasteiger partial charge is 0.337 e. The number of anilines is 1. The molecule has 0 spiro atoms. The maximum Gasteiger partial charge on any atom is 0.226 e. The van der Waals surface area contributed by atoms with E-state index >= 15 is 0 Å². The number of amides is 1. The van der Waals surface area contributed by atoms with E-state index in [-0.39, 0.29) is 5.91 Å². The Kier molecular flexibility index (Phi) is 3.44. The van der Waals surface area contributed by atoms with Gasteiger partial charge in [0.2, 0.25) is 11.9 Å². The quantitative estimate of drug-likeness (QED) is 0.814. The lowest BCUT2D eigenvalue weighted by molar-refractivity contribution is -0.116. The molecule has 0 aliphatic heterocycles. The smallest absolute Gasteiger partial charge is 0.226 e. The molecule has 6 heteroatoms. The zero-order valence-corrected chi connectivity index (χ0v) is 9.01. The summed E-state index contributed by atoms with van der Waals surface area (Å²) in [5.41, 5.74) is 0.488. The van der Waals surface area contributed by atoms with Crippen LogP contribution in [0.25, 0.3) is 0 Å². The molecular weight excluding hydrogens is 223 g/mol. The topological polar surface area (TPSA) is 59.8 Å². The molecule has 1 amide bonds. The van der Waals surface area contributed by atoms with Gasteiger partial charge in [-0.15, -0.1) is 0 Å². The van der Waals surface area contributed by atoms with Gasteiger partial charge in [-0.3, -0.25) is 4.79 Å². The van der Waals surface area contributed by atoms with Crippen LogP contribution in [0.15, 0.2) is 37.1 Å². The monoisotopic (exact) mass is 234 g/mol. The Morgan fingerprint density at radius 2 is 2.35 bits per heavy atom. The lowest BCUT2D eigenvalue weighted by Gasteiger charge is -2.04. The van der Waals surface area contributed by atoms with Gasteiger partial charge in [-0.05, 0) is 12.1 Å². The molecule has 1 N–H and O–H groups in total. The van der Waals surface area contributed by atoms with E-state index in [1.165, 1.54) is 18.3 Å². The van der Waals surface area contributed by atoms with Crippen LogP contribution >= 0.6 is 0 Å². The Bertz CT molecular complexity index is 481. The Morgan fingerprint density at radius 1 is 1.47 bits per heavy atom. The van der Waals surface area contributed by atoms with E-state index in [2.05, 4.69) is 15.3 Å². The number of pyridine rings is 1. The van der Waals surface area contributed by atoms with Crippen LogP contribution in [-0.2, 0) is 11.3 Å². The van der Waals surface area contributed by atoms with Gasteiger partial charge in [-0.2, -0.15) is 4.39 Å². The molecule has 2 heterocycles. The second-order valence-electron chi connectivity index (χ2n) is 3.47. The molecule has 0 unspecified atom stereocenters. The van der Waals surface area contributed by atoms with Crippen molar-refractivity contribution in [2.24, 2.45) is 0 Å². The first kappa shape index (κ1) is 11.3. The van der Waals surface area contributed by atoms with Crippen molar-refractivity contribution < 1.29 is 9.18 Å². The van der Waals surface area contributed by atoms with Gasteiger partial charge in [-0.1, -0.05) is 0 Å². The number of nitrogens with zero attached hydrogens (tertiary/aromatic N) is 3. The third-order valence-corrected chi connectivity index (χ3v) is 2.17. The lowest BCUT2D eigenvalue weighted by atomic mass is 10.3. The van der Waals surface area contributed by atoms with Gasteiger partial charge in [0.25, 0.3) is 0 Å². The predicted molar refractivity (Wildman–Crippen MR) is 59.7 cm³/mol. The highest BCUT2D eigenvalue weighted by Crippen LogP contribution is 2.05. The third kappa shape index (κ3) is 3.37. The Hall–Kier alpha value is -2.24. The maximum atomic E-state index is 12.5. The van der Waals surface area contributed by atoms with Crippen LogP contribution in [0.3, 0.4) is 0 Å². The molecule has 5 nitrogen and oxygen atoms in total. The number of carbonyl (C=O) groups excluding carboxylic acids is 1. The van der Waals surface area contributed by atoms with Gasteiger partial charge in [0.1, 0.15) is 0 Å². The zero-order chi connectivity index (χ0) is 12.1. The number of imidazole rings is 1. The van der Waals surface area contributed by atoms with Gasteiger partial charge in [0.15, 0.2) is 0 Å². The molecule has 0 bridgehead atoms. The van der Waals surface area contributed by atoms with Crippen LogP contribution in [0.5, 0.6) is 0 Å². The van der Waals surface area contributed by atoms with Crippen molar-refractivity contribution >= 4 is 11.6 Å². The van der Waals surface area contributed by atoms with Crippen molar-refractivity contribution in [1.82, 2.24) is 14.5 Å². The summed E-state index contributed by atoms with van der Waals surface area (Å²) in [5.74, 6) is -0.714. The summed E-state index contributed by atoms with van der Waals surface area (Å²) >= 11 is 0. The molecule has 0 aliphatic carbocycles. The van der Waals surface area contributed by atoms with Gasteiger partial charge < -0.3 is 9.88 Å². The minimum atomic E-state index is -0.568. The minimum Gasteiger partial charge on any atom is -0.337 e. The summed E-state index contributed by atoms with van der Waals surface area (Å²) in [4.78, 5) is 18.8. The second kappa shape index (κ2) is 5.20. The molecule has 0 atom stereocenters. The first-order valence-electron chi connectivity index (χ1n) is 5.11. The van der Waals surface area contributed by atoms with Gasteiger partial charge in [-0.25, -0.2) is 9.97 Å². The molecule has 0 fully saturated rings. The predicted octanol–water partition coefficient (Wildman–Crippen LogP) is 1.45. The molecular formula is C11H11FN4O. The van der Waals surface area contributed by atoms with Gasteiger partial charge in [0.05, 0.1) is 18.2 Å². The fourth-order valence-electron chi connectivity index (χ4n) is 1.32. The van der Waals surface area contributed by atoms with Gasteiger partial charge >= 0.3 is 0 Å². The first-order valence-corrected chi connectivity index (χ1v) is 5.11. The van der Waals surface area contributed by atoms with Crippen molar-refractivity contribution in [3.05, 3.63) is 43.0 Å². The number of hydrogen-bond donors (Lipinski definition) is 1. The fraction of sp³-hybridized carbons (Fsp3) is 0.182. The summed E-state index contributed by atoms with van der Waals surface area (Å²) in [5, 5.41) is 2.63. The normalized spacial score (nSPS) is 10.2. The highest BCUT2D eigenvalue weighted by atomic mass is 19.1. The molecule has 0 radical (unpaired) electrons. The zero-order valence-electron chi connectivity index (χ0n) is 9.01. The van der Waals surface area contributed by atoms with E-state index in [0.29, 0.717) is 18.7 Å². The van der Waals surface area contributed by atoms with E-state index in [0.717, 1.165) is 0 Å². The van der Waals surface area contributed by atoms with Crippen LogP contribution in [0, 0.1) is 5.95 Å². The number of rotatable bonds is 4. The van der Waals surface area contributed by atoms with Crippen molar-refractivity contribution in [1.29, 1.82) is 0 Å². The molecule has 88 valence electrons. The van der Waals surface area contributed by atoms with E-state index < -0.39 is 5.95 Å². The first-order chi connectivity index (χ1) is 8.24.